The van der Waals surface area contributed by atoms with Crippen molar-refractivity contribution in [3.8, 4) is 17.8 Å². The largest absolute Gasteiger partial charge is 0.276 e. The van der Waals surface area contributed by atoms with Crippen LogP contribution in [0.4, 0.5) is 10.1 Å². The second-order valence-corrected chi connectivity index (χ2v) is 3.41. The van der Waals surface area contributed by atoms with E-state index in [2.05, 4.69) is 15.6 Å². The zero-order valence-electron chi connectivity index (χ0n) is 9.58. The molecule has 0 aliphatic rings. The van der Waals surface area contributed by atoms with Gasteiger partial charge in [0.1, 0.15) is 17.8 Å². The van der Waals surface area contributed by atoms with E-state index in [0.29, 0.717) is 11.4 Å². The summed E-state index contributed by atoms with van der Waals surface area (Å²) in [6, 6.07) is 9.14. The van der Waals surface area contributed by atoms with Gasteiger partial charge in [-0.1, -0.05) is 0 Å². The quantitative estimate of drug-likeness (QED) is 0.668. The molecule has 1 heterocycles. The minimum absolute atomic E-state index is 0.292. The van der Waals surface area contributed by atoms with Gasteiger partial charge in [-0.15, -0.1) is 0 Å². The van der Waals surface area contributed by atoms with Crippen molar-refractivity contribution >= 4 is 11.4 Å². The lowest BCUT2D eigenvalue weighted by atomic mass is 10.2. The Balaban J connectivity index is 2.24. The zero-order valence-corrected chi connectivity index (χ0v) is 9.58. The van der Waals surface area contributed by atoms with Crippen molar-refractivity contribution in [1.82, 2.24) is 9.78 Å². The smallest absolute Gasteiger partial charge is 0.237 e. The normalized spacial score (nSPS) is 9.21. The van der Waals surface area contributed by atoms with Crippen molar-refractivity contribution < 1.29 is 4.39 Å². The number of nitrogens with zero attached hydrogens (tertiary/aromatic N) is 5. The maximum absolute atomic E-state index is 13.8. The molecule has 1 aromatic carbocycles. The highest BCUT2D eigenvalue weighted by molar-refractivity contribution is 6.10. The molecule has 7 heteroatoms. The van der Waals surface area contributed by atoms with Crippen molar-refractivity contribution in [2.75, 3.05) is 5.43 Å². The number of hydrogen-bond acceptors (Lipinski definition) is 5. The average molecular weight is 254 g/mol. The van der Waals surface area contributed by atoms with Gasteiger partial charge < -0.3 is 0 Å². The van der Waals surface area contributed by atoms with Crippen LogP contribution in [0.25, 0.3) is 5.69 Å². The molecule has 0 spiro atoms. The predicted octanol–water partition coefficient (Wildman–Crippen LogP) is 1.83. The van der Waals surface area contributed by atoms with Crippen LogP contribution >= 0.6 is 0 Å². The maximum atomic E-state index is 13.8. The van der Waals surface area contributed by atoms with Gasteiger partial charge in [-0.25, -0.2) is 9.07 Å². The third-order valence-corrected chi connectivity index (χ3v) is 2.21. The molecular weight excluding hydrogens is 247 g/mol. The summed E-state index contributed by atoms with van der Waals surface area (Å²) >= 11 is 0. The van der Waals surface area contributed by atoms with Crippen LogP contribution in [0.2, 0.25) is 0 Å². The van der Waals surface area contributed by atoms with Gasteiger partial charge in [0.15, 0.2) is 5.82 Å². The fourth-order valence-electron chi connectivity index (χ4n) is 1.37. The Morgan fingerprint density at radius 2 is 2.16 bits per heavy atom. The van der Waals surface area contributed by atoms with E-state index in [1.165, 1.54) is 16.8 Å². The summed E-state index contributed by atoms with van der Waals surface area (Å²) in [5.74, 6) is -0.501. The van der Waals surface area contributed by atoms with Gasteiger partial charge in [-0.05, 0) is 18.2 Å². The molecule has 0 bridgehead atoms. The van der Waals surface area contributed by atoms with Crippen LogP contribution < -0.4 is 5.43 Å². The fourth-order valence-corrected chi connectivity index (χ4v) is 1.37. The molecule has 0 saturated heterocycles. The van der Waals surface area contributed by atoms with Gasteiger partial charge in [0.2, 0.25) is 5.71 Å². The molecule has 6 nitrogen and oxygen atoms in total. The first kappa shape index (κ1) is 12.3. The molecule has 2 aromatic rings. The molecule has 0 fully saturated rings. The van der Waals surface area contributed by atoms with Gasteiger partial charge in [0.25, 0.3) is 0 Å². The Morgan fingerprint density at radius 3 is 2.74 bits per heavy atom. The monoisotopic (exact) mass is 254 g/mol. The van der Waals surface area contributed by atoms with Gasteiger partial charge in [0.05, 0.1) is 5.69 Å². The number of benzene rings is 1. The fraction of sp³-hybridized carbons (Fsp3) is 0. The molecule has 1 aromatic heterocycles. The number of anilines is 1. The number of hydrazone groups is 1. The first-order valence-electron chi connectivity index (χ1n) is 5.18. The number of halogens is 1. The van der Waals surface area contributed by atoms with E-state index in [4.69, 9.17) is 10.5 Å². The molecule has 0 radical (unpaired) electrons. The van der Waals surface area contributed by atoms with E-state index in [1.54, 1.807) is 36.7 Å². The Bertz CT molecular complexity index is 674. The van der Waals surface area contributed by atoms with E-state index < -0.39 is 5.82 Å². The highest BCUT2D eigenvalue weighted by atomic mass is 19.1. The first-order chi connectivity index (χ1) is 9.24. The van der Waals surface area contributed by atoms with Crippen molar-refractivity contribution in [1.29, 1.82) is 10.5 Å². The van der Waals surface area contributed by atoms with Crippen molar-refractivity contribution in [2.45, 2.75) is 0 Å². The summed E-state index contributed by atoms with van der Waals surface area (Å²) in [5.41, 5.74) is 2.72. The van der Waals surface area contributed by atoms with Gasteiger partial charge in [-0.3, -0.25) is 5.43 Å². The van der Waals surface area contributed by atoms with E-state index in [9.17, 15) is 4.39 Å². The molecular formula is C12H7FN6. The van der Waals surface area contributed by atoms with E-state index in [0.717, 1.165) is 0 Å². The van der Waals surface area contributed by atoms with Crippen LogP contribution in [-0.4, -0.2) is 15.5 Å². The van der Waals surface area contributed by atoms with Crippen LogP contribution in [0.5, 0.6) is 0 Å². The predicted molar refractivity (Wildman–Crippen MR) is 65.8 cm³/mol. The lowest BCUT2D eigenvalue weighted by Crippen LogP contribution is -2.00. The van der Waals surface area contributed by atoms with E-state index >= 15 is 0 Å². The minimum atomic E-state index is -0.501. The van der Waals surface area contributed by atoms with Crippen LogP contribution in [0.1, 0.15) is 0 Å². The Labute approximate surface area is 108 Å². The SMILES string of the molecule is N#CC(C#N)=NNc1ccc(-n2cccn2)c(F)c1. The highest BCUT2D eigenvalue weighted by Crippen LogP contribution is 2.17. The average Bonchev–Trinajstić information content (AvgIpc) is 2.94. The van der Waals surface area contributed by atoms with Gasteiger partial charge in [0, 0.05) is 18.5 Å². The van der Waals surface area contributed by atoms with Gasteiger partial charge in [-0.2, -0.15) is 20.7 Å². The Morgan fingerprint density at radius 1 is 1.37 bits per heavy atom. The van der Waals surface area contributed by atoms with E-state index in [-0.39, 0.29) is 5.71 Å². The Kier molecular flexibility index (Phi) is 3.51. The van der Waals surface area contributed by atoms with Crippen molar-refractivity contribution in [2.24, 2.45) is 5.10 Å². The third kappa shape index (κ3) is 2.73. The summed E-state index contributed by atoms with van der Waals surface area (Å²) in [6.07, 6.45) is 3.16. The summed E-state index contributed by atoms with van der Waals surface area (Å²) in [5, 5.41) is 24.4. The number of aromatic nitrogens is 2. The number of nitriles is 2. The Hall–Kier alpha value is -3.19. The standard InChI is InChI=1S/C12H7FN6/c13-11-6-9(17-18-10(7-14)8-15)2-3-12(11)19-5-1-4-16-19/h1-6,17H. The zero-order chi connectivity index (χ0) is 13.7. The molecule has 1 N–H and O–H groups in total. The number of hydrogen-bond donors (Lipinski definition) is 1. The summed E-state index contributed by atoms with van der Waals surface area (Å²) in [6.45, 7) is 0. The summed E-state index contributed by atoms with van der Waals surface area (Å²) in [4.78, 5) is 0. The highest BCUT2D eigenvalue weighted by Gasteiger charge is 2.05. The maximum Gasteiger partial charge on any atom is 0.237 e. The van der Waals surface area contributed by atoms with Crippen molar-refractivity contribution in [3.63, 3.8) is 0 Å². The molecule has 0 amide bonds. The lowest BCUT2D eigenvalue weighted by Gasteiger charge is -2.05. The first-order valence-corrected chi connectivity index (χ1v) is 5.18. The molecule has 0 unspecified atom stereocenters. The number of rotatable bonds is 3. The molecule has 19 heavy (non-hydrogen) atoms. The third-order valence-electron chi connectivity index (χ3n) is 2.21. The van der Waals surface area contributed by atoms with Crippen LogP contribution in [0.3, 0.4) is 0 Å². The molecule has 0 saturated carbocycles. The lowest BCUT2D eigenvalue weighted by molar-refractivity contribution is 0.611. The summed E-state index contributed by atoms with van der Waals surface area (Å²) < 4.78 is 15.2. The number of nitrogens with one attached hydrogen (secondary N) is 1. The minimum Gasteiger partial charge on any atom is -0.276 e. The molecule has 2 rings (SSSR count). The van der Waals surface area contributed by atoms with Gasteiger partial charge >= 0.3 is 0 Å². The van der Waals surface area contributed by atoms with Crippen LogP contribution in [0, 0.1) is 28.5 Å². The van der Waals surface area contributed by atoms with Crippen LogP contribution in [-0.2, 0) is 0 Å². The second-order valence-electron chi connectivity index (χ2n) is 3.41. The van der Waals surface area contributed by atoms with Crippen LogP contribution in [0.15, 0.2) is 41.8 Å². The molecule has 0 atom stereocenters. The topological polar surface area (TPSA) is 89.8 Å². The molecule has 92 valence electrons. The van der Waals surface area contributed by atoms with E-state index in [1.807, 2.05) is 0 Å². The molecule has 0 aliphatic carbocycles. The molecule has 0 aliphatic heterocycles. The summed E-state index contributed by atoms with van der Waals surface area (Å²) in [7, 11) is 0. The van der Waals surface area contributed by atoms with Crippen molar-refractivity contribution in [3.05, 3.63) is 42.5 Å². The second kappa shape index (κ2) is 5.43.